The lowest BCUT2D eigenvalue weighted by Gasteiger charge is -2.09. The molecule has 1 amide bonds. The third-order valence-corrected chi connectivity index (χ3v) is 3.97. The minimum absolute atomic E-state index is 0.211. The molecule has 4 aromatic heterocycles. The van der Waals surface area contributed by atoms with E-state index in [4.69, 9.17) is 4.52 Å². The first-order chi connectivity index (χ1) is 13.3. The summed E-state index contributed by atoms with van der Waals surface area (Å²) in [6, 6.07) is 12.7. The van der Waals surface area contributed by atoms with Gasteiger partial charge in [-0.15, -0.1) is 0 Å². The van der Waals surface area contributed by atoms with E-state index in [2.05, 4.69) is 25.4 Å². The molecule has 0 unspecified atom stereocenters. The van der Waals surface area contributed by atoms with Crippen LogP contribution in [0.3, 0.4) is 0 Å². The number of hydrogen-bond donors (Lipinski definition) is 1. The van der Waals surface area contributed by atoms with Crippen molar-refractivity contribution in [3.8, 4) is 22.6 Å². The topological polar surface area (TPSA) is 93.8 Å². The normalized spacial score (nSPS) is 10.5. The predicted octanol–water partition coefficient (Wildman–Crippen LogP) is 3.12. The van der Waals surface area contributed by atoms with Gasteiger partial charge in [-0.05, 0) is 35.9 Å². The first-order valence-electron chi connectivity index (χ1n) is 8.31. The number of nitrogens with one attached hydrogen (secondary N) is 1. The maximum atomic E-state index is 12.4. The summed E-state index contributed by atoms with van der Waals surface area (Å²) in [4.78, 5) is 24.9. The molecule has 0 saturated heterocycles. The van der Waals surface area contributed by atoms with Crippen LogP contribution in [0.5, 0.6) is 0 Å². The Balaban J connectivity index is 1.49. The van der Waals surface area contributed by atoms with Crippen molar-refractivity contribution >= 4 is 5.91 Å². The Morgan fingerprint density at radius 2 is 1.81 bits per heavy atom. The van der Waals surface area contributed by atoms with Crippen molar-refractivity contribution in [2.45, 2.75) is 6.54 Å². The van der Waals surface area contributed by atoms with Gasteiger partial charge in [0.15, 0.2) is 11.5 Å². The minimum atomic E-state index is -0.321. The van der Waals surface area contributed by atoms with Gasteiger partial charge < -0.3 is 9.84 Å². The van der Waals surface area contributed by atoms with Gasteiger partial charge in [-0.25, -0.2) is 0 Å². The zero-order valence-electron chi connectivity index (χ0n) is 14.2. The Bertz CT molecular complexity index is 1050. The lowest BCUT2D eigenvalue weighted by Crippen LogP contribution is -2.23. The van der Waals surface area contributed by atoms with E-state index >= 15 is 0 Å². The number of carbonyl (C=O) groups is 1. The molecule has 0 aliphatic heterocycles. The molecule has 7 nitrogen and oxygen atoms in total. The van der Waals surface area contributed by atoms with Crippen molar-refractivity contribution in [1.29, 1.82) is 0 Å². The van der Waals surface area contributed by atoms with E-state index in [0.29, 0.717) is 12.3 Å². The maximum Gasteiger partial charge on any atom is 0.273 e. The summed E-state index contributed by atoms with van der Waals surface area (Å²) in [7, 11) is 0. The second kappa shape index (κ2) is 7.57. The molecular weight excluding hydrogens is 342 g/mol. The monoisotopic (exact) mass is 357 g/mol. The fourth-order valence-corrected chi connectivity index (χ4v) is 2.64. The Hall–Kier alpha value is -3.87. The van der Waals surface area contributed by atoms with Gasteiger partial charge in [-0.3, -0.25) is 19.7 Å². The zero-order valence-corrected chi connectivity index (χ0v) is 14.2. The summed E-state index contributed by atoms with van der Waals surface area (Å²) >= 11 is 0. The lowest BCUT2D eigenvalue weighted by molar-refractivity contribution is 0.0942. The van der Waals surface area contributed by atoms with Crippen LogP contribution in [0, 0.1) is 0 Å². The highest BCUT2D eigenvalue weighted by molar-refractivity contribution is 5.93. The van der Waals surface area contributed by atoms with Crippen LogP contribution in [0.1, 0.15) is 16.1 Å². The molecule has 1 N–H and O–H groups in total. The fourth-order valence-electron chi connectivity index (χ4n) is 2.64. The molecule has 0 aliphatic carbocycles. The van der Waals surface area contributed by atoms with E-state index in [1.54, 1.807) is 43.1 Å². The highest BCUT2D eigenvalue weighted by Gasteiger charge is 2.14. The highest BCUT2D eigenvalue weighted by atomic mass is 16.5. The molecule has 7 heteroatoms. The summed E-state index contributed by atoms with van der Waals surface area (Å²) in [6.45, 7) is 0.319. The summed E-state index contributed by atoms with van der Waals surface area (Å²) in [5.74, 6) is 0.172. The first kappa shape index (κ1) is 16.6. The molecule has 4 heterocycles. The fraction of sp³-hybridized carbons (Fsp3) is 0.0500. The molecule has 0 fully saturated rings. The number of rotatable bonds is 5. The number of pyridine rings is 3. The summed E-state index contributed by atoms with van der Waals surface area (Å²) in [6.07, 6.45) is 8.46. The molecule has 4 aromatic rings. The van der Waals surface area contributed by atoms with E-state index in [1.165, 1.54) is 0 Å². The molecule has 0 spiro atoms. The van der Waals surface area contributed by atoms with Crippen LogP contribution in [-0.4, -0.2) is 26.0 Å². The van der Waals surface area contributed by atoms with Gasteiger partial charge in [-0.2, -0.15) is 0 Å². The van der Waals surface area contributed by atoms with Crippen LogP contribution >= 0.6 is 0 Å². The van der Waals surface area contributed by atoms with Crippen molar-refractivity contribution in [2.24, 2.45) is 0 Å². The number of carbonyl (C=O) groups excluding carboxylic acids is 1. The smallest absolute Gasteiger partial charge is 0.273 e. The average Bonchev–Trinajstić information content (AvgIpc) is 3.24. The maximum absolute atomic E-state index is 12.4. The van der Waals surface area contributed by atoms with Gasteiger partial charge in [0.25, 0.3) is 5.91 Å². The Kier molecular flexibility index (Phi) is 4.65. The van der Waals surface area contributed by atoms with Crippen molar-refractivity contribution in [3.05, 3.63) is 84.7 Å². The Labute approximate surface area is 155 Å². The van der Waals surface area contributed by atoms with Crippen molar-refractivity contribution in [1.82, 2.24) is 25.4 Å². The van der Waals surface area contributed by atoms with Crippen LogP contribution in [-0.2, 0) is 6.54 Å². The van der Waals surface area contributed by atoms with E-state index in [0.717, 1.165) is 22.4 Å². The van der Waals surface area contributed by atoms with E-state index in [-0.39, 0.29) is 11.6 Å². The highest BCUT2D eigenvalue weighted by Crippen LogP contribution is 2.21. The molecule has 0 bridgehead atoms. The van der Waals surface area contributed by atoms with Gasteiger partial charge in [0, 0.05) is 54.7 Å². The molecule has 132 valence electrons. The van der Waals surface area contributed by atoms with Gasteiger partial charge in [0.2, 0.25) is 0 Å². The molecule has 0 radical (unpaired) electrons. The van der Waals surface area contributed by atoms with Crippen LogP contribution in [0.2, 0.25) is 0 Å². The van der Waals surface area contributed by atoms with Gasteiger partial charge >= 0.3 is 0 Å². The second-order valence-corrected chi connectivity index (χ2v) is 5.75. The van der Waals surface area contributed by atoms with E-state index in [1.807, 2.05) is 30.3 Å². The van der Waals surface area contributed by atoms with Crippen molar-refractivity contribution in [2.75, 3.05) is 0 Å². The predicted molar refractivity (Wildman–Crippen MR) is 98.4 cm³/mol. The second-order valence-electron chi connectivity index (χ2n) is 5.75. The molecule has 4 rings (SSSR count). The third kappa shape index (κ3) is 3.72. The Morgan fingerprint density at radius 1 is 0.963 bits per heavy atom. The summed E-state index contributed by atoms with van der Waals surface area (Å²) in [5, 5.41) is 6.70. The number of amides is 1. The van der Waals surface area contributed by atoms with Gasteiger partial charge in [0.05, 0.1) is 5.69 Å². The molecule has 0 aliphatic rings. The summed E-state index contributed by atoms with van der Waals surface area (Å²) < 4.78 is 5.25. The van der Waals surface area contributed by atoms with E-state index in [9.17, 15) is 4.79 Å². The van der Waals surface area contributed by atoms with Gasteiger partial charge in [0.1, 0.15) is 0 Å². The first-order valence-corrected chi connectivity index (χ1v) is 8.31. The molecular formula is C20H15N5O2. The zero-order chi connectivity index (χ0) is 18.5. The molecule has 0 atom stereocenters. The van der Waals surface area contributed by atoms with E-state index < -0.39 is 0 Å². The Morgan fingerprint density at radius 3 is 2.63 bits per heavy atom. The molecule has 0 aromatic carbocycles. The quantitative estimate of drug-likeness (QED) is 0.590. The average molecular weight is 357 g/mol. The number of nitrogens with zero attached hydrogens (tertiary/aromatic N) is 4. The summed E-state index contributed by atoms with van der Waals surface area (Å²) in [5.41, 5.74) is 3.61. The van der Waals surface area contributed by atoms with Gasteiger partial charge in [-0.1, -0.05) is 11.2 Å². The van der Waals surface area contributed by atoms with Crippen LogP contribution in [0.25, 0.3) is 22.6 Å². The van der Waals surface area contributed by atoms with Crippen molar-refractivity contribution in [3.63, 3.8) is 0 Å². The van der Waals surface area contributed by atoms with Crippen LogP contribution in [0.15, 0.2) is 78.0 Å². The van der Waals surface area contributed by atoms with Crippen LogP contribution in [0.4, 0.5) is 0 Å². The number of hydrogen-bond acceptors (Lipinski definition) is 6. The third-order valence-electron chi connectivity index (χ3n) is 3.97. The molecule has 0 saturated carbocycles. The lowest BCUT2D eigenvalue weighted by atomic mass is 10.1. The molecule has 27 heavy (non-hydrogen) atoms. The SMILES string of the molecule is O=C(NCc1cccnc1-c1ccncc1)c1cc(-c2cccnc2)on1. The van der Waals surface area contributed by atoms with Crippen LogP contribution < -0.4 is 5.32 Å². The minimum Gasteiger partial charge on any atom is -0.355 e. The van der Waals surface area contributed by atoms with Crippen molar-refractivity contribution < 1.29 is 9.32 Å². The largest absolute Gasteiger partial charge is 0.355 e. The standard InChI is InChI=1S/C20H15N5O2/c26-20(17-11-18(27-25-17)15-3-1-7-22-12-15)24-13-16-4-2-8-23-19(16)14-5-9-21-10-6-14/h1-12H,13H2,(H,24,26). The number of aromatic nitrogens is 4.